The highest BCUT2D eigenvalue weighted by Gasteiger charge is 2.44. The van der Waals surface area contributed by atoms with Crippen molar-refractivity contribution in [3.63, 3.8) is 0 Å². The fourth-order valence-corrected chi connectivity index (χ4v) is 3.79. The number of ether oxygens (including phenoxy) is 1. The number of aliphatic hydroxyl groups excluding tert-OH is 1. The summed E-state index contributed by atoms with van der Waals surface area (Å²) in [4.78, 5) is 27.9. The van der Waals surface area contributed by atoms with Gasteiger partial charge in [0.1, 0.15) is 18.1 Å². The van der Waals surface area contributed by atoms with Gasteiger partial charge in [-0.05, 0) is 42.3 Å². The normalized spacial score (nSPS) is 15.8. The van der Waals surface area contributed by atoms with Crippen LogP contribution in [-0.4, -0.2) is 28.3 Å². The average Bonchev–Trinajstić information content (AvgIpc) is 3.35. The second-order valence-electron chi connectivity index (χ2n) is 7.50. The van der Waals surface area contributed by atoms with Gasteiger partial charge in [0.15, 0.2) is 11.5 Å². The minimum atomic E-state index is -0.798. The number of rotatable bonds is 8. The molecule has 1 aliphatic heterocycles. The van der Waals surface area contributed by atoms with E-state index in [1.807, 2.05) is 30.3 Å². The number of aryl methyl sites for hydroxylation is 1. The van der Waals surface area contributed by atoms with E-state index in [1.54, 1.807) is 49.4 Å². The predicted molar refractivity (Wildman–Crippen MR) is 119 cm³/mol. The molecule has 0 aliphatic carbocycles. The molecule has 2 heterocycles. The van der Waals surface area contributed by atoms with E-state index in [0.29, 0.717) is 23.7 Å². The van der Waals surface area contributed by atoms with Crippen LogP contribution in [0.4, 0.5) is 0 Å². The molecule has 0 saturated carbocycles. The molecule has 6 heteroatoms. The van der Waals surface area contributed by atoms with E-state index < -0.39 is 23.5 Å². The van der Waals surface area contributed by atoms with Crippen LogP contribution in [0.1, 0.15) is 33.5 Å². The van der Waals surface area contributed by atoms with Gasteiger partial charge in [-0.25, -0.2) is 0 Å². The number of hydrogen-bond acceptors (Lipinski definition) is 5. The van der Waals surface area contributed by atoms with Crippen molar-refractivity contribution in [2.75, 3.05) is 6.61 Å². The standard InChI is InChI=1S/C26H23NO5/c1-3-14-31-20-11-7-10-19(15-20)23-22(24(28)21-13-12-17(2)32-21)25(29)26(30)27(23)16-18-8-5-4-6-9-18/h3-13,15,23,29H,1,14,16H2,2H3. The summed E-state index contributed by atoms with van der Waals surface area (Å²) in [6.45, 7) is 5.92. The number of amides is 1. The summed E-state index contributed by atoms with van der Waals surface area (Å²) in [5.41, 5.74) is 1.51. The average molecular weight is 429 g/mol. The van der Waals surface area contributed by atoms with Crippen molar-refractivity contribution in [3.05, 3.63) is 113 Å². The second kappa shape index (κ2) is 8.98. The predicted octanol–water partition coefficient (Wildman–Crippen LogP) is 4.93. The molecule has 3 aromatic rings. The van der Waals surface area contributed by atoms with Gasteiger partial charge in [-0.2, -0.15) is 0 Å². The van der Waals surface area contributed by atoms with Gasteiger partial charge in [-0.1, -0.05) is 55.1 Å². The van der Waals surface area contributed by atoms with Crippen LogP contribution < -0.4 is 4.74 Å². The Balaban J connectivity index is 1.79. The highest BCUT2D eigenvalue weighted by atomic mass is 16.5. The Kier molecular flexibility index (Phi) is 5.94. The molecule has 1 aromatic heterocycles. The first-order valence-corrected chi connectivity index (χ1v) is 10.2. The number of benzene rings is 2. The largest absolute Gasteiger partial charge is 0.503 e. The summed E-state index contributed by atoms with van der Waals surface area (Å²) >= 11 is 0. The van der Waals surface area contributed by atoms with Gasteiger partial charge in [-0.15, -0.1) is 0 Å². The van der Waals surface area contributed by atoms with E-state index in [-0.39, 0.29) is 17.9 Å². The Morgan fingerprint density at radius 1 is 1.16 bits per heavy atom. The highest BCUT2D eigenvalue weighted by molar-refractivity contribution is 6.15. The molecule has 4 rings (SSSR count). The summed E-state index contributed by atoms with van der Waals surface area (Å²) in [5, 5.41) is 10.8. The number of hydrogen-bond donors (Lipinski definition) is 1. The molecule has 1 amide bonds. The lowest BCUT2D eigenvalue weighted by Gasteiger charge is -2.27. The van der Waals surface area contributed by atoms with Crippen molar-refractivity contribution in [3.8, 4) is 5.75 Å². The molecular formula is C26H23NO5. The van der Waals surface area contributed by atoms with Crippen LogP contribution in [0.15, 0.2) is 95.1 Å². The van der Waals surface area contributed by atoms with Crippen LogP contribution in [0.2, 0.25) is 0 Å². The van der Waals surface area contributed by atoms with Crippen LogP contribution in [0.25, 0.3) is 0 Å². The summed E-state index contributed by atoms with van der Waals surface area (Å²) in [5.74, 6) is -0.494. The van der Waals surface area contributed by atoms with Gasteiger partial charge in [0, 0.05) is 6.54 Å². The van der Waals surface area contributed by atoms with E-state index >= 15 is 0 Å². The number of nitrogens with zero attached hydrogens (tertiary/aromatic N) is 1. The number of aliphatic hydroxyl groups is 1. The Labute approximate surface area is 186 Å². The minimum absolute atomic E-state index is 0.0128. The first-order chi connectivity index (χ1) is 15.5. The molecule has 0 spiro atoms. The molecule has 1 unspecified atom stereocenters. The van der Waals surface area contributed by atoms with Gasteiger partial charge in [-0.3, -0.25) is 9.59 Å². The number of carbonyl (C=O) groups excluding carboxylic acids is 2. The lowest BCUT2D eigenvalue weighted by Crippen LogP contribution is -2.30. The van der Waals surface area contributed by atoms with Crippen LogP contribution >= 0.6 is 0 Å². The molecule has 32 heavy (non-hydrogen) atoms. The first kappa shape index (κ1) is 21.2. The molecule has 2 aromatic carbocycles. The Morgan fingerprint density at radius 2 is 1.94 bits per heavy atom. The fourth-order valence-electron chi connectivity index (χ4n) is 3.79. The zero-order valence-corrected chi connectivity index (χ0v) is 17.7. The molecule has 6 nitrogen and oxygen atoms in total. The third kappa shape index (κ3) is 4.07. The zero-order valence-electron chi connectivity index (χ0n) is 17.7. The molecule has 1 atom stereocenters. The summed E-state index contributed by atoms with van der Waals surface area (Å²) in [6.07, 6.45) is 1.63. The van der Waals surface area contributed by atoms with E-state index in [1.165, 1.54) is 4.90 Å². The molecule has 162 valence electrons. The molecular weight excluding hydrogens is 406 g/mol. The highest BCUT2D eigenvalue weighted by Crippen LogP contribution is 2.41. The molecule has 0 radical (unpaired) electrons. The number of furan rings is 1. The van der Waals surface area contributed by atoms with E-state index in [9.17, 15) is 14.7 Å². The zero-order chi connectivity index (χ0) is 22.7. The van der Waals surface area contributed by atoms with Gasteiger partial charge < -0.3 is 19.2 Å². The summed E-state index contributed by atoms with van der Waals surface area (Å²) in [6, 6.07) is 19.0. The van der Waals surface area contributed by atoms with Crippen molar-refractivity contribution in [1.82, 2.24) is 4.90 Å². The Bertz CT molecular complexity index is 1190. The van der Waals surface area contributed by atoms with Crippen LogP contribution in [0, 0.1) is 6.92 Å². The maximum absolute atomic E-state index is 13.3. The number of Topliss-reactive ketones (excluding diaryl/α,β-unsaturated/α-hetero) is 1. The lowest BCUT2D eigenvalue weighted by atomic mass is 9.94. The first-order valence-electron chi connectivity index (χ1n) is 10.2. The van der Waals surface area contributed by atoms with E-state index in [0.717, 1.165) is 5.56 Å². The quantitative estimate of drug-likeness (QED) is 0.406. The number of carbonyl (C=O) groups is 2. The lowest BCUT2D eigenvalue weighted by molar-refractivity contribution is -0.130. The van der Waals surface area contributed by atoms with Gasteiger partial charge in [0.25, 0.3) is 5.91 Å². The molecule has 1 N–H and O–H groups in total. The number of ketones is 1. The third-order valence-corrected chi connectivity index (χ3v) is 5.25. The van der Waals surface area contributed by atoms with Crippen molar-refractivity contribution < 1.29 is 23.8 Å². The van der Waals surface area contributed by atoms with Crippen molar-refractivity contribution in [1.29, 1.82) is 0 Å². The molecule has 1 aliphatic rings. The van der Waals surface area contributed by atoms with Crippen LogP contribution in [-0.2, 0) is 11.3 Å². The second-order valence-corrected chi connectivity index (χ2v) is 7.50. The van der Waals surface area contributed by atoms with Crippen molar-refractivity contribution in [2.24, 2.45) is 0 Å². The monoisotopic (exact) mass is 429 g/mol. The fraction of sp³-hybridized carbons (Fsp3) is 0.154. The Morgan fingerprint density at radius 3 is 2.62 bits per heavy atom. The van der Waals surface area contributed by atoms with Crippen molar-refractivity contribution in [2.45, 2.75) is 19.5 Å². The smallest absolute Gasteiger partial charge is 0.290 e. The van der Waals surface area contributed by atoms with E-state index in [4.69, 9.17) is 9.15 Å². The third-order valence-electron chi connectivity index (χ3n) is 5.25. The SMILES string of the molecule is C=CCOc1cccc(C2C(C(=O)c3ccc(C)o3)=C(O)C(=O)N2Cc2ccccc2)c1. The molecule has 0 saturated heterocycles. The Hall–Kier alpha value is -4.06. The maximum atomic E-state index is 13.3. The summed E-state index contributed by atoms with van der Waals surface area (Å²) < 4.78 is 11.1. The van der Waals surface area contributed by atoms with Gasteiger partial charge in [0.2, 0.25) is 5.78 Å². The minimum Gasteiger partial charge on any atom is -0.503 e. The van der Waals surface area contributed by atoms with Gasteiger partial charge >= 0.3 is 0 Å². The van der Waals surface area contributed by atoms with Crippen molar-refractivity contribution >= 4 is 11.7 Å². The maximum Gasteiger partial charge on any atom is 0.290 e. The molecule has 0 fully saturated rings. The topological polar surface area (TPSA) is 80.0 Å². The summed E-state index contributed by atoms with van der Waals surface area (Å²) in [7, 11) is 0. The molecule has 0 bridgehead atoms. The van der Waals surface area contributed by atoms with Crippen LogP contribution in [0.3, 0.4) is 0 Å². The van der Waals surface area contributed by atoms with Crippen LogP contribution in [0.5, 0.6) is 5.75 Å². The van der Waals surface area contributed by atoms with Gasteiger partial charge in [0.05, 0.1) is 11.6 Å². The van der Waals surface area contributed by atoms with E-state index in [2.05, 4.69) is 6.58 Å².